The molecule has 1 amide bonds. The molecule has 0 bridgehead atoms. The lowest BCUT2D eigenvalue weighted by Gasteiger charge is -2.21. The number of nitrogens with zero attached hydrogens (tertiary/aromatic N) is 5. The van der Waals surface area contributed by atoms with Crippen LogP contribution >= 0.6 is 0 Å². The number of carbonyl (C=O) groups is 1. The number of aryl methyl sites for hydroxylation is 1. The van der Waals surface area contributed by atoms with Crippen LogP contribution in [0.5, 0.6) is 0 Å². The van der Waals surface area contributed by atoms with Crippen LogP contribution in [0.3, 0.4) is 0 Å². The summed E-state index contributed by atoms with van der Waals surface area (Å²) in [6.45, 7) is 2.89. The van der Waals surface area contributed by atoms with Crippen molar-refractivity contribution in [1.29, 1.82) is 0 Å². The molecule has 0 saturated carbocycles. The first-order chi connectivity index (χ1) is 16.7. The van der Waals surface area contributed by atoms with E-state index in [2.05, 4.69) is 10.2 Å². The van der Waals surface area contributed by atoms with Crippen LogP contribution in [0.25, 0.3) is 5.57 Å². The molecule has 0 saturated heterocycles. The predicted octanol–water partition coefficient (Wildman–Crippen LogP) is 4.54. The summed E-state index contributed by atoms with van der Waals surface area (Å²) in [6.07, 6.45) is 0.319. The number of halogens is 3. The van der Waals surface area contributed by atoms with Gasteiger partial charge in [-0.15, -0.1) is 10.2 Å². The number of aromatic nitrogens is 4. The van der Waals surface area contributed by atoms with Gasteiger partial charge in [-0.2, -0.15) is 13.2 Å². The second kappa shape index (κ2) is 8.92. The molecule has 0 spiro atoms. The Morgan fingerprint density at radius 2 is 2.06 bits per heavy atom. The van der Waals surface area contributed by atoms with Crippen LogP contribution in [-0.4, -0.2) is 38.9 Å². The SMILES string of the molecule is CC(Cc1nncn1C)c1cc(C2=CCOCC2)nc(N2Cc3c(cccc3C(F)(F)F)C2=O)c1. The van der Waals surface area contributed by atoms with Gasteiger partial charge in [-0.25, -0.2) is 4.98 Å². The number of alkyl halides is 3. The Kier molecular flexibility index (Phi) is 5.92. The van der Waals surface area contributed by atoms with Crippen molar-refractivity contribution in [2.45, 2.75) is 38.4 Å². The normalized spacial score (nSPS) is 16.9. The Labute approximate surface area is 200 Å². The average Bonchev–Trinajstić information content (AvgIpc) is 3.41. The van der Waals surface area contributed by atoms with Crippen molar-refractivity contribution in [2.75, 3.05) is 18.1 Å². The smallest absolute Gasteiger partial charge is 0.377 e. The van der Waals surface area contributed by atoms with Crippen LogP contribution in [0.15, 0.2) is 42.7 Å². The molecule has 1 atom stereocenters. The van der Waals surface area contributed by atoms with Crippen molar-refractivity contribution in [3.8, 4) is 0 Å². The van der Waals surface area contributed by atoms with E-state index >= 15 is 0 Å². The lowest BCUT2D eigenvalue weighted by Crippen LogP contribution is -2.25. The van der Waals surface area contributed by atoms with Crippen molar-refractivity contribution in [2.24, 2.45) is 7.05 Å². The fraction of sp³-hybridized carbons (Fsp3) is 0.360. The fourth-order valence-electron chi connectivity index (χ4n) is 4.55. The van der Waals surface area contributed by atoms with Crippen LogP contribution in [0.4, 0.5) is 19.0 Å². The first kappa shape index (κ1) is 23.2. The van der Waals surface area contributed by atoms with Crippen LogP contribution < -0.4 is 4.90 Å². The molecular formula is C25H24F3N5O2. The minimum Gasteiger partial charge on any atom is -0.377 e. The highest BCUT2D eigenvalue weighted by Gasteiger charge is 2.40. The molecule has 10 heteroatoms. The van der Waals surface area contributed by atoms with E-state index in [0.29, 0.717) is 37.6 Å². The number of amides is 1. The van der Waals surface area contributed by atoms with E-state index in [0.717, 1.165) is 23.0 Å². The highest BCUT2D eigenvalue weighted by molar-refractivity contribution is 6.10. The molecule has 0 N–H and O–H groups in total. The summed E-state index contributed by atoms with van der Waals surface area (Å²) in [6, 6.07) is 7.50. The van der Waals surface area contributed by atoms with Crippen molar-refractivity contribution in [3.05, 3.63) is 76.5 Å². The lowest BCUT2D eigenvalue weighted by molar-refractivity contribution is -0.138. The summed E-state index contributed by atoms with van der Waals surface area (Å²) in [5.41, 5.74) is 1.86. The molecule has 2 aliphatic rings. The summed E-state index contributed by atoms with van der Waals surface area (Å²) < 4.78 is 48.1. The molecule has 7 nitrogen and oxygen atoms in total. The van der Waals surface area contributed by atoms with E-state index < -0.39 is 17.6 Å². The highest BCUT2D eigenvalue weighted by atomic mass is 19.4. The number of anilines is 1. The summed E-state index contributed by atoms with van der Waals surface area (Å²) in [5, 5.41) is 8.10. The Balaban J connectivity index is 1.55. The Morgan fingerprint density at radius 3 is 2.74 bits per heavy atom. The largest absolute Gasteiger partial charge is 0.416 e. The van der Waals surface area contributed by atoms with E-state index in [1.165, 1.54) is 17.0 Å². The van der Waals surface area contributed by atoms with Crippen molar-refractivity contribution in [3.63, 3.8) is 0 Å². The molecule has 3 aromatic rings. The maximum absolute atomic E-state index is 13.6. The predicted molar refractivity (Wildman–Crippen MR) is 123 cm³/mol. The summed E-state index contributed by atoms with van der Waals surface area (Å²) in [7, 11) is 1.87. The lowest BCUT2D eigenvalue weighted by atomic mass is 9.95. The number of pyridine rings is 1. The van der Waals surface area contributed by atoms with Gasteiger partial charge in [0.1, 0.15) is 18.0 Å². The summed E-state index contributed by atoms with van der Waals surface area (Å²) in [5.74, 6) is 0.666. The maximum Gasteiger partial charge on any atom is 0.416 e. The number of rotatable bonds is 5. The second-order valence-corrected chi connectivity index (χ2v) is 8.88. The zero-order valence-electron chi connectivity index (χ0n) is 19.3. The van der Waals surface area contributed by atoms with Gasteiger partial charge in [0.15, 0.2) is 0 Å². The van der Waals surface area contributed by atoms with Crippen molar-refractivity contribution in [1.82, 2.24) is 19.7 Å². The minimum atomic E-state index is -4.54. The Hall–Kier alpha value is -3.53. The van der Waals surface area contributed by atoms with Gasteiger partial charge in [-0.1, -0.05) is 19.1 Å². The van der Waals surface area contributed by atoms with Gasteiger partial charge in [0.05, 0.1) is 31.0 Å². The number of carbonyl (C=O) groups excluding carboxylic acids is 1. The number of fused-ring (bicyclic) bond motifs is 1. The molecule has 0 radical (unpaired) electrons. The zero-order valence-corrected chi connectivity index (χ0v) is 19.3. The topological polar surface area (TPSA) is 73.1 Å². The third-order valence-corrected chi connectivity index (χ3v) is 6.54. The molecule has 182 valence electrons. The van der Waals surface area contributed by atoms with Gasteiger partial charge in [-0.3, -0.25) is 9.69 Å². The van der Waals surface area contributed by atoms with E-state index in [9.17, 15) is 18.0 Å². The molecule has 1 unspecified atom stereocenters. The monoisotopic (exact) mass is 483 g/mol. The second-order valence-electron chi connectivity index (χ2n) is 8.88. The highest BCUT2D eigenvalue weighted by Crippen LogP contribution is 2.39. The maximum atomic E-state index is 13.6. The van der Waals surface area contributed by atoms with Crippen LogP contribution in [0, 0.1) is 0 Å². The number of hydrogen-bond acceptors (Lipinski definition) is 5. The molecule has 2 aliphatic heterocycles. The van der Waals surface area contributed by atoms with Crippen molar-refractivity contribution >= 4 is 17.3 Å². The van der Waals surface area contributed by atoms with Gasteiger partial charge in [0, 0.05) is 19.0 Å². The average molecular weight is 483 g/mol. The first-order valence-corrected chi connectivity index (χ1v) is 11.4. The van der Waals surface area contributed by atoms with Gasteiger partial charge in [0.2, 0.25) is 0 Å². The van der Waals surface area contributed by atoms with Gasteiger partial charge in [0.25, 0.3) is 5.91 Å². The van der Waals surface area contributed by atoms with Crippen LogP contribution in [0.2, 0.25) is 0 Å². The van der Waals surface area contributed by atoms with Crippen LogP contribution in [0.1, 0.15) is 57.8 Å². The molecule has 4 heterocycles. The van der Waals surface area contributed by atoms with Crippen LogP contribution in [-0.2, 0) is 30.9 Å². The molecule has 0 fully saturated rings. The summed E-state index contributed by atoms with van der Waals surface area (Å²) >= 11 is 0. The summed E-state index contributed by atoms with van der Waals surface area (Å²) in [4.78, 5) is 19.3. The third kappa shape index (κ3) is 4.45. The zero-order chi connectivity index (χ0) is 24.7. The number of hydrogen-bond donors (Lipinski definition) is 0. The first-order valence-electron chi connectivity index (χ1n) is 11.4. The molecule has 35 heavy (non-hydrogen) atoms. The quantitative estimate of drug-likeness (QED) is 0.533. The van der Waals surface area contributed by atoms with E-state index in [1.807, 2.05) is 30.7 Å². The molecular weight excluding hydrogens is 459 g/mol. The molecule has 5 rings (SSSR count). The molecule has 2 aromatic heterocycles. The minimum absolute atomic E-state index is 0.00431. The third-order valence-electron chi connectivity index (χ3n) is 6.54. The molecule has 1 aromatic carbocycles. The van der Waals surface area contributed by atoms with Crippen molar-refractivity contribution < 1.29 is 22.7 Å². The molecule has 0 aliphatic carbocycles. The number of ether oxygens (including phenoxy) is 1. The van der Waals surface area contributed by atoms with Gasteiger partial charge in [-0.05, 0) is 53.3 Å². The van der Waals surface area contributed by atoms with E-state index in [4.69, 9.17) is 9.72 Å². The van der Waals surface area contributed by atoms with Gasteiger partial charge >= 0.3 is 6.18 Å². The fourth-order valence-corrected chi connectivity index (χ4v) is 4.55. The standard InChI is InChI=1S/C25H24F3N5O2/c1-15(10-23-31-29-14-32(23)2)17-11-21(16-6-8-35-9-7-16)30-22(12-17)33-13-19-18(24(33)34)4-3-5-20(19)25(26,27)28/h3-6,11-12,14-15H,7-10,13H2,1-2H3. The van der Waals surface area contributed by atoms with Gasteiger partial charge < -0.3 is 9.30 Å². The Bertz CT molecular complexity index is 1310. The van der Waals surface area contributed by atoms with E-state index in [-0.39, 0.29) is 23.6 Å². The Morgan fingerprint density at radius 1 is 1.23 bits per heavy atom. The van der Waals surface area contributed by atoms with E-state index in [1.54, 1.807) is 12.4 Å². The number of benzene rings is 1.